The first-order valence-corrected chi connectivity index (χ1v) is 4.00. The molecule has 0 radical (unpaired) electrons. The summed E-state index contributed by atoms with van der Waals surface area (Å²) in [7, 11) is 0. The second-order valence-electron chi connectivity index (χ2n) is 2.93. The summed E-state index contributed by atoms with van der Waals surface area (Å²) in [6, 6.07) is 0. The Morgan fingerprint density at radius 3 is 3.20 bits per heavy atom. The van der Waals surface area contributed by atoms with Crippen molar-refractivity contribution >= 4 is 0 Å². The normalized spacial score (nSPS) is 32.0. The van der Waals surface area contributed by atoms with Gasteiger partial charge in [0.1, 0.15) is 0 Å². The van der Waals surface area contributed by atoms with Crippen LogP contribution in [-0.4, -0.2) is 19.7 Å². The summed E-state index contributed by atoms with van der Waals surface area (Å²) in [5, 5.41) is 3.33. The molecule has 0 saturated carbocycles. The van der Waals surface area contributed by atoms with Crippen molar-refractivity contribution in [1.82, 2.24) is 5.32 Å². The molecule has 0 aromatic rings. The van der Waals surface area contributed by atoms with E-state index < -0.39 is 0 Å². The summed E-state index contributed by atoms with van der Waals surface area (Å²) in [4.78, 5) is 0. The maximum absolute atomic E-state index is 5.46. The molecule has 56 valence electrons. The number of ether oxygens (including phenoxy) is 1. The van der Waals surface area contributed by atoms with Gasteiger partial charge in [-0.2, -0.15) is 0 Å². The summed E-state index contributed by atoms with van der Waals surface area (Å²) in [6.07, 6.45) is 4.61. The van der Waals surface area contributed by atoms with Crippen molar-refractivity contribution in [2.75, 3.05) is 19.7 Å². The molecular formula is C8H13NO. The van der Waals surface area contributed by atoms with Gasteiger partial charge in [-0.25, -0.2) is 0 Å². The fourth-order valence-electron chi connectivity index (χ4n) is 1.62. The van der Waals surface area contributed by atoms with Crippen molar-refractivity contribution in [3.05, 3.63) is 11.8 Å². The highest BCUT2D eigenvalue weighted by atomic mass is 16.5. The van der Waals surface area contributed by atoms with Crippen LogP contribution in [-0.2, 0) is 4.74 Å². The zero-order valence-electron chi connectivity index (χ0n) is 6.10. The molecule has 1 atom stereocenters. The number of nitrogens with one attached hydrogen (secondary N) is 1. The van der Waals surface area contributed by atoms with E-state index in [1.807, 2.05) is 0 Å². The van der Waals surface area contributed by atoms with Gasteiger partial charge >= 0.3 is 0 Å². The van der Waals surface area contributed by atoms with E-state index in [0.717, 1.165) is 26.1 Å². The summed E-state index contributed by atoms with van der Waals surface area (Å²) in [6.45, 7) is 3.18. The first-order chi connectivity index (χ1) is 4.97. The Hall–Kier alpha value is -0.500. The lowest BCUT2D eigenvalue weighted by Crippen LogP contribution is -2.10. The minimum absolute atomic E-state index is 0.683. The molecule has 2 nitrogen and oxygen atoms in total. The van der Waals surface area contributed by atoms with E-state index in [1.165, 1.54) is 12.2 Å². The zero-order valence-corrected chi connectivity index (χ0v) is 6.10. The fraction of sp³-hybridized carbons (Fsp3) is 0.750. The Kier molecular flexibility index (Phi) is 1.63. The smallest absolute Gasteiger partial charge is 0.0965 e. The molecule has 0 aliphatic carbocycles. The summed E-state index contributed by atoms with van der Waals surface area (Å²) >= 11 is 0. The van der Waals surface area contributed by atoms with Crippen molar-refractivity contribution in [2.24, 2.45) is 5.92 Å². The summed E-state index contributed by atoms with van der Waals surface area (Å²) in [5.74, 6) is 1.92. The van der Waals surface area contributed by atoms with E-state index in [2.05, 4.69) is 11.4 Å². The molecule has 1 fully saturated rings. The van der Waals surface area contributed by atoms with Crippen LogP contribution in [0.5, 0.6) is 0 Å². The van der Waals surface area contributed by atoms with Crippen LogP contribution in [0, 0.1) is 5.92 Å². The van der Waals surface area contributed by atoms with Crippen molar-refractivity contribution in [3.8, 4) is 0 Å². The second-order valence-corrected chi connectivity index (χ2v) is 2.93. The molecule has 0 aromatic heterocycles. The van der Waals surface area contributed by atoms with Gasteiger partial charge in [0.2, 0.25) is 0 Å². The highest BCUT2D eigenvalue weighted by molar-refractivity contribution is 5.05. The van der Waals surface area contributed by atoms with Crippen LogP contribution in [0.3, 0.4) is 0 Å². The Labute approximate surface area is 61.3 Å². The van der Waals surface area contributed by atoms with E-state index in [9.17, 15) is 0 Å². The predicted octanol–water partition coefficient (Wildman–Crippen LogP) is 0.900. The molecule has 0 spiro atoms. The largest absolute Gasteiger partial charge is 0.498 e. The molecule has 2 aliphatic heterocycles. The molecule has 1 saturated heterocycles. The molecule has 0 amide bonds. The van der Waals surface area contributed by atoms with Crippen LogP contribution in [0.1, 0.15) is 12.8 Å². The van der Waals surface area contributed by atoms with Crippen molar-refractivity contribution < 1.29 is 4.74 Å². The predicted molar refractivity (Wildman–Crippen MR) is 39.6 cm³/mol. The van der Waals surface area contributed by atoms with Gasteiger partial charge in [0.15, 0.2) is 0 Å². The standard InChI is InChI=1S/C8H13NO/c1-2-8(10-5-1)7-3-4-9-6-7/h2,7,9H,1,3-6H2. The first-order valence-electron chi connectivity index (χ1n) is 4.00. The van der Waals surface area contributed by atoms with Gasteiger partial charge < -0.3 is 10.1 Å². The minimum atomic E-state index is 0.683. The van der Waals surface area contributed by atoms with E-state index >= 15 is 0 Å². The summed E-state index contributed by atoms with van der Waals surface area (Å²) < 4.78 is 5.46. The average Bonchev–Trinajstić information content (AvgIpc) is 2.59. The van der Waals surface area contributed by atoms with Gasteiger partial charge in [-0.15, -0.1) is 0 Å². The lowest BCUT2D eigenvalue weighted by atomic mass is 10.1. The third-order valence-electron chi connectivity index (χ3n) is 2.19. The Morgan fingerprint density at radius 2 is 2.60 bits per heavy atom. The highest BCUT2D eigenvalue weighted by Crippen LogP contribution is 2.23. The Morgan fingerprint density at radius 1 is 1.60 bits per heavy atom. The van der Waals surface area contributed by atoms with Gasteiger partial charge in [0.25, 0.3) is 0 Å². The molecule has 1 unspecified atom stereocenters. The molecular weight excluding hydrogens is 126 g/mol. The van der Waals surface area contributed by atoms with Crippen LogP contribution < -0.4 is 5.32 Å². The van der Waals surface area contributed by atoms with Crippen molar-refractivity contribution in [3.63, 3.8) is 0 Å². The lowest BCUT2D eigenvalue weighted by molar-refractivity contribution is 0.211. The maximum Gasteiger partial charge on any atom is 0.0965 e. The Balaban J connectivity index is 1.97. The lowest BCUT2D eigenvalue weighted by Gasteiger charge is -2.08. The molecule has 2 heteroatoms. The van der Waals surface area contributed by atoms with Crippen molar-refractivity contribution in [2.45, 2.75) is 12.8 Å². The monoisotopic (exact) mass is 139 g/mol. The molecule has 1 N–H and O–H groups in total. The number of hydrogen-bond acceptors (Lipinski definition) is 2. The maximum atomic E-state index is 5.46. The topological polar surface area (TPSA) is 21.3 Å². The average molecular weight is 139 g/mol. The van der Waals surface area contributed by atoms with Crippen LogP contribution in [0.4, 0.5) is 0 Å². The summed E-state index contributed by atoms with van der Waals surface area (Å²) in [5.41, 5.74) is 0. The van der Waals surface area contributed by atoms with E-state index in [-0.39, 0.29) is 0 Å². The highest BCUT2D eigenvalue weighted by Gasteiger charge is 2.21. The molecule has 0 bridgehead atoms. The van der Waals surface area contributed by atoms with E-state index in [4.69, 9.17) is 4.74 Å². The molecule has 0 aromatic carbocycles. The van der Waals surface area contributed by atoms with Gasteiger partial charge in [0.05, 0.1) is 12.4 Å². The third-order valence-corrected chi connectivity index (χ3v) is 2.19. The number of hydrogen-bond donors (Lipinski definition) is 1. The minimum Gasteiger partial charge on any atom is -0.498 e. The van der Waals surface area contributed by atoms with Crippen LogP contribution >= 0.6 is 0 Å². The first kappa shape index (κ1) is 6.23. The van der Waals surface area contributed by atoms with E-state index in [0.29, 0.717) is 5.92 Å². The zero-order chi connectivity index (χ0) is 6.81. The number of rotatable bonds is 1. The SMILES string of the molecule is C1=C(C2CCNC2)OCC1. The fourth-order valence-corrected chi connectivity index (χ4v) is 1.62. The third kappa shape index (κ3) is 1.03. The molecule has 2 aliphatic rings. The van der Waals surface area contributed by atoms with Crippen LogP contribution in [0.25, 0.3) is 0 Å². The van der Waals surface area contributed by atoms with Crippen LogP contribution in [0.15, 0.2) is 11.8 Å². The van der Waals surface area contributed by atoms with Gasteiger partial charge in [-0.05, 0) is 19.0 Å². The quantitative estimate of drug-likeness (QED) is 0.582. The molecule has 10 heavy (non-hydrogen) atoms. The van der Waals surface area contributed by atoms with E-state index in [1.54, 1.807) is 0 Å². The molecule has 2 heterocycles. The van der Waals surface area contributed by atoms with Gasteiger partial charge in [0, 0.05) is 18.9 Å². The Bertz CT molecular complexity index is 147. The van der Waals surface area contributed by atoms with Gasteiger partial charge in [-0.3, -0.25) is 0 Å². The van der Waals surface area contributed by atoms with Gasteiger partial charge in [-0.1, -0.05) is 0 Å². The molecule has 2 rings (SSSR count). The van der Waals surface area contributed by atoms with Crippen molar-refractivity contribution in [1.29, 1.82) is 0 Å². The second kappa shape index (κ2) is 2.62. The van der Waals surface area contributed by atoms with Crippen LogP contribution in [0.2, 0.25) is 0 Å².